The van der Waals surface area contributed by atoms with E-state index in [0.717, 1.165) is 37.5 Å². The SMILES string of the molecule is CC(C)c1nnnn1CC(=O)N1CCC[C@H](COc2ccccc2)C1. The van der Waals surface area contributed by atoms with Crippen molar-refractivity contribution >= 4 is 5.91 Å². The van der Waals surface area contributed by atoms with E-state index < -0.39 is 0 Å². The molecule has 2 heterocycles. The van der Waals surface area contributed by atoms with Crippen molar-refractivity contribution in [1.82, 2.24) is 25.1 Å². The number of hydrogen-bond donors (Lipinski definition) is 0. The van der Waals surface area contributed by atoms with E-state index in [9.17, 15) is 4.79 Å². The van der Waals surface area contributed by atoms with Crippen molar-refractivity contribution in [3.63, 3.8) is 0 Å². The Morgan fingerprint density at radius 1 is 1.32 bits per heavy atom. The van der Waals surface area contributed by atoms with Gasteiger partial charge in [-0.25, -0.2) is 4.68 Å². The zero-order valence-electron chi connectivity index (χ0n) is 14.8. The third kappa shape index (κ3) is 4.55. The van der Waals surface area contributed by atoms with Crippen molar-refractivity contribution in [2.75, 3.05) is 19.7 Å². The highest BCUT2D eigenvalue weighted by molar-refractivity contribution is 5.76. The maximum atomic E-state index is 12.6. The summed E-state index contributed by atoms with van der Waals surface area (Å²) >= 11 is 0. The van der Waals surface area contributed by atoms with E-state index in [1.807, 2.05) is 49.1 Å². The van der Waals surface area contributed by atoms with E-state index in [0.29, 0.717) is 12.5 Å². The number of para-hydroxylation sites is 1. The minimum atomic E-state index is 0.0682. The highest BCUT2D eigenvalue weighted by Crippen LogP contribution is 2.19. The monoisotopic (exact) mass is 343 g/mol. The molecule has 0 unspecified atom stereocenters. The molecule has 1 aromatic carbocycles. The molecule has 134 valence electrons. The van der Waals surface area contributed by atoms with Gasteiger partial charge in [-0.05, 0) is 35.4 Å². The van der Waals surface area contributed by atoms with Crippen LogP contribution in [-0.2, 0) is 11.3 Å². The molecule has 1 aliphatic rings. The molecule has 0 radical (unpaired) electrons. The molecule has 7 nitrogen and oxygen atoms in total. The van der Waals surface area contributed by atoms with E-state index in [-0.39, 0.29) is 18.4 Å². The van der Waals surface area contributed by atoms with E-state index >= 15 is 0 Å². The summed E-state index contributed by atoms with van der Waals surface area (Å²) < 4.78 is 7.46. The normalized spacial score (nSPS) is 17.7. The van der Waals surface area contributed by atoms with Gasteiger partial charge in [-0.2, -0.15) is 0 Å². The molecule has 0 bridgehead atoms. The first kappa shape index (κ1) is 17.4. The van der Waals surface area contributed by atoms with Crippen molar-refractivity contribution in [1.29, 1.82) is 0 Å². The molecule has 25 heavy (non-hydrogen) atoms. The van der Waals surface area contributed by atoms with Crippen LogP contribution < -0.4 is 4.74 Å². The first-order chi connectivity index (χ1) is 12.1. The van der Waals surface area contributed by atoms with E-state index in [4.69, 9.17) is 4.74 Å². The van der Waals surface area contributed by atoms with Gasteiger partial charge in [-0.15, -0.1) is 5.10 Å². The minimum absolute atomic E-state index is 0.0682. The molecule has 0 aliphatic carbocycles. The Morgan fingerprint density at radius 3 is 2.88 bits per heavy atom. The maximum absolute atomic E-state index is 12.6. The Hall–Kier alpha value is -2.44. The zero-order valence-corrected chi connectivity index (χ0v) is 14.8. The highest BCUT2D eigenvalue weighted by Gasteiger charge is 2.25. The second-order valence-electron chi connectivity index (χ2n) is 6.82. The lowest BCUT2D eigenvalue weighted by Gasteiger charge is -2.32. The lowest BCUT2D eigenvalue weighted by Crippen LogP contribution is -2.43. The number of amides is 1. The lowest BCUT2D eigenvalue weighted by atomic mass is 9.99. The number of benzene rings is 1. The van der Waals surface area contributed by atoms with Gasteiger partial charge in [0.2, 0.25) is 5.91 Å². The summed E-state index contributed by atoms with van der Waals surface area (Å²) in [4.78, 5) is 14.5. The van der Waals surface area contributed by atoms with Crippen LogP contribution >= 0.6 is 0 Å². The van der Waals surface area contributed by atoms with Crippen LogP contribution in [-0.4, -0.2) is 50.7 Å². The summed E-state index contributed by atoms with van der Waals surface area (Å²) in [7, 11) is 0. The number of nitrogens with zero attached hydrogens (tertiary/aromatic N) is 5. The van der Waals surface area contributed by atoms with Crippen LogP contribution in [0.5, 0.6) is 5.75 Å². The predicted octanol–water partition coefficient (Wildman–Crippen LogP) is 2.11. The maximum Gasteiger partial charge on any atom is 0.244 e. The van der Waals surface area contributed by atoms with Gasteiger partial charge in [0.05, 0.1) is 6.61 Å². The molecule has 3 rings (SSSR count). The molecule has 1 amide bonds. The molecule has 0 spiro atoms. The van der Waals surface area contributed by atoms with Gasteiger partial charge in [0.15, 0.2) is 5.82 Å². The third-order valence-electron chi connectivity index (χ3n) is 4.46. The third-order valence-corrected chi connectivity index (χ3v) is 4.46. The average molecular weight is 343 g/mol. The molecule has 1 atom stereocenters. The van der Waals surface area contributed by atoms with Crippen molar-refractivity contribution in [3.8, 4) is 5.75 Å². The van der Waals surface area contributed by atoms with Crippen molar-refractivity contribution < 1.29 is 9.53 Å². The Labute approximate surface area is 148 Å². The lowest BCUT2D eigenvalue weighted by molar-refractivity contribution is -0.134. The van der Waals surface area contributed by atoms with E-state index in [2.05, 4.69) is 15.5 Å². The summed E-state index contributed by atoms with van der Waals surface area (Å²) in [6, 6.07) is 9.81. The number of carbonyl (C=O) groups excluding carboxylic acids is 1. The first-order valence-electron chi connectivity index (χ1n) is 8.85. The van der Waals surface area contributed by atoms with Gasteiger partial charge < -0.3 is 9.64 Å². The Morgan fingerprint density at radius 2 is 2.12 bits per heavy atom. The average Bonchev–Trinajstić information content (AvgIpc) is 3.09. The van der Waals surface area contributed by atoms with Crippen LogP contribution in [0.25, 0.3) is 0 Å². The van der Waals surface area contributed by atoms with Gasteiger partial charge in [0.25, 0.3) is 0 Å². The van der Waals surface area contributed by atoms with Crippen molar-refractivity contribution in [2.24, 2.45) is 5.92 Å². The van der Waals surface area contributed by atoms with Gasteiger partial charge >= 0.3 is 0 Å². The fraction of sp³-hybridized carbons (Fsp3) is 0.556. The fourth-order valence-corrected chi connectivity index (χ4v) is 3.12. The molecule has 1 saturated heterocycles. The Kier molecular flexibility index (Phi) is 5.63. The fourth-order valence-electron chi connectivity index (χ4n) is 3.12. The van der Waals surface area contributed by atoms with Crippen LogP contribution in [0.2, 0.25) is 0 Å². The number of piperidine rings is 1. The zero-order chi connectivity index (χ0) is 17.6. The number of rotatable bonds is 6. The highest BCUT2D eigenvalue weighted by atomic mass is 16.5. The van der Waals surface area contributed by atoms with E-state index in [1.165, 1.54) is 0 Å². The second-order valence-corrected chi connectivity index (χ2v) is 6.82. The van der Waals surface area contributed by atoms with Gasteiger partial charge in [-0.1, -0.05) is 32.0 Å². The molecular formula is C18H25N5O2. The van der Waals surface area contributed by atoms with Gasteiger partial charge in [0, 0.05) is 24.9 Å². The Balaban J connectivity index is 1.53. The molecule has 1 fully saturated rings. The van der Waals surface area contributed by atoms with Crippen LogP contribution in [0.15, 0.2) is 30.3 Å². The van der Waals surface area contributed by atoms with Crippen LogP contribution in [0.1, 0.15) is 38.4 Å². The van der Waals surface area contributed by atoms with Crippen molar-refractivity contribution in [2.45, 2.75) is 39.2 Å². The number of hydrogen-bond acceptors (Lipinski definition) is 5. The Bertz CT molecular complexity index is 686. The number of carbonyl (C=O) groups is 1. The first-order valence-corrected chi connectivity index (χ1v) is 8.85. The molecule has 1 aliphatic heterocycles. The summed E-state index contributed by atoms with van der Waals surface area (Å²) in [6.45, 7) is 6.39. The molecule has 2 aromatic rings. The van der Waals surface area contributed by atoms with Crippen LogP contribution in [0, 0.1) is 5.92 Å². The van der Waals surface area contributed by atoms with Gasteiger partial charge in [-0.3, -0.25) is 4.79 Å². The predicted molar refractivity (Wildman–Crippen MR) is 93.1 cm³/mol. The van der Waals surface area contributed by atoms with Gasteiger partial charge in [0.1, 0.15) is 12.3 Å². The van der Waals surface area contributed by atoms with E-state index in [1.54, 1.807) is 4.68 Å². The molecule has 1 aromatic heterocycles. The smallest absolute Gasteiger partial charge is 0.244 e. The number of likely N-dealkylation sites (tertiary alicyclic amines) is 1. The largest absolute Gasteiger partial charge is 0.493 e. The second kappa shape index (κ2) is 8.09. The molecule has 0 N–H and O–H groups in total. The number of ether oxygens (including phenoxy) is 1. The number of aromatic nitrogens is 4. The molecule has 0 saturated carbocycles. The summed E-state index contributed by atoms with van der Waals surface area (Å²) in [5, 5.41) is 11.6. The van der Waals surface area contributed by atoms with Crippen LogP contribution in [0.4, 0.5) is 0 Å². The van der Waals surface area contributed by atoms with Crippen LogP contribution in [0.3, 0.4) is 0 Å². The standard InChI is InChI=1S/C18H25N5O2/c1-14(2)18-19-20-21-23(18)12-17(24)22-10-6-7-15(11-22)13-25-16-8-4-3-5-9-16/h3-5,8-9,14-15H,6-7,10-13H2,1-2H3/t15-/m0/s1. The summed E-state index contributed by atoms with van der Waals surface area (Å²) in [5.41, 5.74) is 0. The van der Waals surface area contributed by atoms with Crippen molar-refractivity contribution in [3.05, 3.63) is 36.2 Å². The minimum Gasteiger partial charge on any atom is -0.493 e. The molecule has 7 heteroatoms. The summed E-state index contributed by atoms with van der Waals surface area (Å²) in [5.74, 6) is 2.24. The molecular weight excluding hydrogens is 318 g/mol. The summed E-state index contributed by atoms with van der Waals surface area (Å²) in [6.07, 6.45) is 2.08. The quantitative estimate of drug-likeness (QED) is 0.803. The topological polar surface area (TPSA) is 73.1 Å². The number of tetrazole rings is 1.